The van der Waals surface area contributed by atoms with Crippen molar-refractivity contribution in [3.8, 4) is 0 Å². The molecule has 2 heterocycles. The summed E-state index contributed by atoms with van der Waals surface area (Å²) in [6.07, 6.45) is 12.4. The second-order valence-corrected chi connectivity index (χ2v) is 6.38. The van der Waals surface area contributed by atoms with E-state index >= 15 is 0 Å². The quantitative estimate of drug-likeness (QED) is 0.918. The topological polar surface area (TPSA) is 41.3 Å². The Morgan fingerprint density at radius 2 is 1.90 bits per heavy atom. The van der Waals surface area contributed by atoms with Crippen LogP contribution in [0.5, 0.6) is 0 Å². The van der Waals surface area contributed by atoms with Crippen LogP contribution < -0.4 is 0 Å². The van der Waals surface area contributed by atoms with Gasteiger partial charge >= 0.3 is 0 Å². The van der Waals surface area contributed by atoms with Gasteiger partial charge in [0.15, 0.2) is 0 Å². The van der Waals surface area contributed by atoms with Crippen LogP contribution in [0.2, 0.25) is 0 Å². The number of rotatable bonds is 4. The van der Waals surface area contributed by atoms with Crippen molar-refractivity contribution in [2.75, 3.05) is 13.1 Å². The molecule has 1 aromatic rings. The van der Waals surface area contributed by atoms with Gasteiger partial charge in [-0.05, 0) is 38.3 Å². The van der Waals surface area contributed by atoms with Crippen LogP contribution in [0.1, 0.15) is 44.9 Å². The maximum Gasteiger partial charge on any atom is 0.0583 e. The summed E-state index contributed by atoms with van der Waals surface area (Å²) in [5, 5.41) is 14.6. The highest BCUT2D eigenvalue weighted by atomic mass is 16.3. The van der Waals surface area contributed by atoms with E-state index in [1.165, 1.54) is 45.1 Å². The zero-order valence-corrected chi connectivity index (χ0v) is 12.3. The number of likely N-dealkylation sites (tertiary alicyclic amines) is 1. The van der Waals surface area contributed by atoms with Gasteiger partial charge < -0.3 is 5.11 Å². The SMILES string of the molecule is OC1CCCCC1C1CCCCN1CCn1cccn1. The van der Waals surface area contributed by atoms with Gasteiger partial charge in [-0.15, -0.1) is 0 Å². The number of nitrogens with zero attached hydrogens (tertiary/aromatic N) is 3. The minimum Gasteiger partial charge on any atom is -0.393 e. The molecule has 1 aliphatic heterocycles. The molecule has 1 aliphatic carbocycles. The average molecular weight is 277 g/mol. The molecule has 0 amide bonds. The van der Waals surface area contributed by atoms with Gasteiger partial charge in [-0.25, -0.2) is 0 Å². The van der Waals surface area contributed by atoms with Crippen LogP contribution in [0.15, 0.2) is 18.5 Å². The zero-order chi connectivity index (χ0) is 13.8. The van der Waals surface area contributed by atoms with Crippen LogP contribution in [0.25, 0.3) is 0 Å². The molecular formula is C16H27N3O. The Hall–Kier alpha value is -0.870. The third-order valence-electron chi connectivity index (χ3n) is 5.12. The Balaban J connectivity index is 1.61. The first kappa shape index (κ1) is 14.1. The van der Waals surface area contributed by atoms with Crippen LogP contribution in [0.4, 0.5) is 0 Å². The highest BCUT2D eigenvalue weighted by Crippen LogP contribution is 2.33. The fraction of sp³-hybridized carbons (Fsp3) is 0.812. The van der Waals surface area contributed by atoms with E-state index < -0.39 is 0 Å². The summed E-state index contributed by atoms with van der Waals surface area (Å²) in [4.78, 5) is 2.62. The fourth-order valence-corrected chi connectivity index (χ4v) is 4.03. The number of hydrogen-bond acceptors (Lipinski definition) is 3. The first-order valence-corrected chi connectivity index (χ1v) is 8.24. The zero-order valence-electron chi connectivity index (χ0n) is 12.3. The lowest BCUT2D eigenvalue weighted by atomic mass is 9.78. The number of hydrogen-bond donors (Lipinski definition) is 1. The molecule has 4 heteroatoms. The van der Waals surface area contributed by atoms with Crippen molar-refractivity contribution in [2.45, 2.75) is 63.6 Å². The van der Waals surface area contributed by atoms with Crippen molar-refractivity contribution in [2.24, 2.45) is 5.92 Å². The van der Waals surface area contributed by atoms with Crippen molar-refractivity contribution in [1.82, 2.24) is 14.7 Å². The van der Waals surface area contributed by atoms with E-state index in [9.17, 15) is 5.11 Å². The highest BCUT2D eigenvalue weighted by Gasteiger charge is 2.35. The van der Waals surface area contributed by atoms with Crippen molar-refractivity contribution < 1.29 is 5.11 Å². The Kier molecular flexibility index (Phi) is 4.73. The largest absolute Gasteiger partial charge is 0.393 e. The predicted octanol–water partition coefficient (Wildman–Crippen LogP) is 2.29. The molecule has 112 valence electrons. The minimum atomic E-state index is -0.0703. The van der Waals surface area contributed by atoms with E-state index in [1.54, 1.807) is 0 Å². The van der Waals surface area contributed by atoms with E-state index in [1.807, 2.05) is 23.1 Å². The molecule has 3 atom stereocenters. The normalized spacial score (nSPS) is 32.4. The van der Waals surface area contributed by atoms with E-state index in [4.69, 9.17) is 0 Å². The van der Waals surface area contributed by atoms with Gasteiger partial charge in [0.25, 0.3) is 0 Å². The number of aliphatic hydroxyl groups is 1. The molecule has 1 aromatic heterocycles. The molecule has 0 bridgehead atoms. The van der Waals surface area contributed by atoms with E-state index in [0.717, 1.165) is 19.5 Å². The maximum absolute atomic E-state index is 10.3. The summed E-state index contributed by atoms with van der Waals surface area (Å²) >= 11 is 0. The Morgan fingerprint density at radius 3 is 2.70 bits per heavy atom. The fourth-order valence-electron chi connectivity index (χ4n) is 4.03. The molecule has 3 rings (SSSR count). The lowest BCUT2D eigenvalue weighted by Gasteiger charge is -2.43. The molecule has 4 nitrogen and oxygen atoms in total. The summed E-state index contributed by atoms with van der Waals surface area (Å²) in [5.41, 5.74) is 0. The molecule has 0 aromatic carbocycles. The lowest BCUT2D eigenvalue weighted by molar-refractivity contribution is -0.00681. The molecule has 0 spiro atoms. The third kappa shape index (κ3) is 3.23. The molecule has 1 saturated heterocycles. The molecule has 2 aliphatic rings. The Bertz CT molecular complexity index is 392. The number of aliphatic hydroxyl groups excluding tert-OH is 1. The summed E-state index contributed by atoms with van der Waals surface area (Å²) in [6.45, 7) is 3.22. The summed E-state index contributed by atoms with van der Waals surface area (Å²) in [7, 11) is 0. The Morgan fingerprint density at radius 1 is 1.05 bits per heavy atom. The molecule has 20 heavy (non-hydrogen) atoms. The molecule has 1 saturated carbocycles. The van der Waals surface area contributed by atoms with Crippen molar-refractivity contribution in [1.29, 1.82) is 0 Å². The average Bonchev–Trinajstić information content (AvgIpc) is 2.99. The summed E-state index contributed by atoms with van der Waals surface area (Å²) in [6, 6.07) is 2.58. The second-order valence-electron chi connectivity index (χ2n) is 6.38. The molecular weight excluding hydrogens is 250 g/mol. The van der Waals surface area contributed by atoms with Gasteiger partial charge in [0, 0.05) is 30.9 Å². The minimum absolute atomic E-state index is 0.0703. The summed E-state index contributed by atoms with van der Waals surface area (Å²) < 4.78 is 2.02. The first-order chi connectivity index (χ1) is 9.84. The van der Waals surface area contributed by atoms with Gasteiger partial charge in [0.05, 0.1) is 12.6 Å². The molecule has 3 unspecified atom stereocenters. The van der Waals surface area contributed by atoms with E-state index in [0.29, 0.717) is 12.0 Å². The van der Waals surface area contributed by atoms with Crippen LogP contribution in [-0.2, 0) is 6.54 Å². The standard InChI is InChI=1S/C16H27N3O/c20-16-8-2-1-6-14(16)15-7-3-4-10-18(15)12-13-19-11-5-9-17-19/h5,9,11,14-16,20H,1-4,6-8,10,12-13H2. The second kappa shape index (κ2) is 6.72. The third-order valence-corrected chi connectivity index (χ3v) is 5.12. The lowest BCUT2D eigenvalue weighted by Crippen LogP contribution is -2.49. The van der Waals surface area contributed by atoms with Gasteiger partial charge in [-0.1, -0.05) is 19.3 Å². The van der Waals surface area contributed by atoms with Crippen LogP contribution >= 0.6 is 0 Å². The van der Waals surface area contributed by atoms with Gasteiger partial charge in [0.2, 0.25) is 0 Å². The monoisotopic (exact) mass is 277 g/mol. The van der Waals surface area contributed by atoms with E-state index in [2.05, 4.69) is 10.00 Å². The van der Waals surface area contributed by atoms with Crippen LogP contribution in [0, 0.1) is 5.92 Å². The Labute approximate surface area is 121 Å². The smallest absolute Gasteiger partial charge is 0.0583 e. The van der Waals surface area contributed by atoms with Crippen LogP contribution in [0.3, 0.4) is 0 Å². The molecule has 1 N–H and O–H groups in total. The molecule has 2 fully saturated rings. The number of aromatic nitrogens is 2. The van der Waals surface area contributed by atoms with Gasteiger partial charge in [-0.3, -0.25) is 9.58 Å². The van der Waals surface area contributed by atoms with Crippen molar-refractivity contribution in [3.05, 3.63) is 18.5 Å². The van der Waals surface area contributed by atoms with Gasteiger partial charge in [0.1, 0.15) is 0 Å². The predicted molar refractivity (Wildman–Crippen MR) is 79.4 cm³/mol. The van der Waals surface area contributed by atoms with Crippen molar-refractivity contribution >= 4 is 0 Å². The van der Waals surface area contributed by atoms with Crippen molar-refractivity contribution in [3.63, 3.8) is 0 Å². The number of piperidine rings is 1. The van der Waals surface area contributed by atoms with Gasteiger partial charge in [-0.2, -0.15) is 5.10 Å². The summed E-state index contributed by atoms with van der Waals surface area (Å²) in [5.74, 6) is 0.502. The maximum atomic E-state index is 10.3. The van der Waals surface area contributed by atoms with Crippen LogP contribution in [-0.4, -0.2) is 45.0 Å². The first-order valence-electron chi connectivity index (χ1n) is 8.24. The highest BCUT2D eigenvalue weighted by molar-refractivity contribution is 4.89. The molecule has 0 radical (unpaired) electrons. The van der Waals surface area contributed by atoms with E-state index in [-0.39, 0.29) is 6.10 Å².